The maximum Gasteiger partial charge on any atom is 0.144 e. The summed E-state index contributed by atoms with van der Waals surface area (Å²) in [6, 6.07) is 0. The Morgan fingerprint density at radius 3 is 2.46 bits per heavy atom. The average Bonchev–Trinajstić information content (AvgIpc) is 2.02. The van der Waals surface area contributed by atoms with Crippen LogP contribution in [0.15, 0.2) is 4.40 Å². The molecule has 0 rings (SSSR count). The molecule has 0 aliphatic rings. The molecule has 78 valence electrons. The van der Waals surface area contributed by atoms with Gasteiger partial charge < -0.3 is 0 Å². The van der Waals surface area contributed by atoms with Gasteiger partial charge in [-0.05, 0) is 40.0 Å². The molecule has 0 bridgehead atoms. The van der Waals surface area contributed by atoms with Crippen molar-refractivity contribution in [2.24, 2.45) is 4.40 Å². The number of halogens is 1. The molecule has 0 N–H and O–H groups in total. The third kappa shape index (κ3) is 7.20. The van der Waals surface area contributed by atoms with E-state index in [1.54, 1.807) is 6.21 Å². The van der Waals surface area contributed by atoms with E-state index in [2.05, 4.69) is 4.40 Å². The van der Waals surface area contributed by atoms with Gasteiger partial charge in [-0.1, -0.05) is 0 Å². The molecular formula is C9H18ClNOS. The minimum absolute atomic E-state index is 0.247. The predicted octanol–water partition coefficient (Wildman–Crippen LogP) is 2.93. The smallest absolute Gasteiger partial charge is 0.144 e. The molecule has 0 spiro atoms. The van der Waals surface area contributed by atoms with Crippen molar-refractivity contribution in [1.29, 1.82) is 0 Å². The normalized spacial score (nSPS) is 15.1. The van der Waals surface area contributed by atoms with E-state index in [0.717, 1.165) is 19.3 Å². The zero-order valence-corrected chi connectivity index (χ0v) is 10.1. The van der Waals surface area contributed by atoms with Gasteiger partial charge in [0.25, 0.3) is 0 Å². The Bertz CT molecular complexity index is 187. The van der Waals surface area contributed by atoms with E-state index in [1.807, 2.05) is 20.8 Å². The van der Waals surface area contributed by atoms with E-state index >= 15 is 0 Å². The van der Waals surface area contributed by atoms with Crippen molar-refractivity contribution in [2.75, 3.05) is 5.88 Å². The lowest BCUT2D eigenvalue weighted by molar-refractivity contribution is 0.650. The standard InChI is InChI=1S/C9H18ClNOS/c1-9(2,3)13(12)11-8-6-4-5-7-10/h8H,4-7H2,1-3H3/b11-8+/t13-/m1/s1. The summed E-state index contributed by atoms with van der Waals surface area (Å²) in [5, 5.41) is 0. The van der Waals surface area contributed by atoms with Crippen LogP contribution in [0.25, 0.3) is 0 Å². The fraction of sp³-hybridized carbons (Fsp3) is 0.889. The summed E-state index contributed by atoms with van der Waals surface area (Å²) in [6.07, 6.45) is 4.63. The first-order valence-corrected chi connectivity index (χ1v) is 6.13. The zero-order chi connectivity index (χ0) is 10.3. The van der Waals surface area contributed by atoms with Gasteiger partial charge in [-0.2, -0.15) is 4.40 Å². The second-order valence-corrected chi connectivity index (χ2v) is 6.15. The van der Waals surface area contributed by atoms with E-state index in [4.69, 9.17) is 11.6 Å². The Morgan fingerprint density at radius 1 is 1.38 bits per heavy atom. The van der Waals surface area contributed by atoms with Gasteiger partial charge in [0, 0.05) is 12.1 Å². The summed E-state index contributed by atoms with van der Waals surface area (Å²) >= 11 is 5.51. The quantitative estimate of drug-likeness (QED) is 0.400. The number of nitrogens with zero attached hydrogens (tertiary/aromatic N) is 1. The van der Waals surface area contributed by atoms with Crippen LogP contribution < -0.4 is 0 Å². The molecule has 0 saturated heterocycles. The number of hydrogen-bond acceptors (Lipinski definition) is 1. The Morgan fingerprint density at radius 2 is 2.00 bits per heavy atom. The Kier molecular flexibility index (Phi) is 6.60. The van der Waals surface area contributed by atoms with Gasteiger partial charge in [-0.15, -0.1) is 11.6 Å². The highest BCUT2D eigenvalue weighted by Crippen LogP contribution is 2.11. The van der Waals surface area contributed by atoms with Gasteiger partial charge in [0.15, 0.2) is 0 Å². The van der Waals surface area contributed by atoms with E-state index < -0.39 is 11.0 Å². The van der Waals surface area contributed by atoms with Gasteiger partial charge in [-0.25, -0.2) is 4.21 Å². The average molecular weight is 224 g/mol. The van der Waals surface area contributed by atoms with Crippen molar-refractivity contribution < 1.29 is 4.21 Å². The van der Waals surface area contributed by atoms with Crippen LogP contribution in [-0.4, -0.2) is 21.1 Å². The number of rotatable bonds is 5. The maximum atomic E-state index is 11.4. The van der Waals surface area contributed by atoms with Crippen molar-refractivity contribution in [3.05, 3.63) is 0 Å². The number of hydrogen-bond donors (Lipinski definition) is 0. The zero-order valence-electron chi connectivity index (χ0n) is 8.55. The van der Waals surface area contributed by atoms with Crippen molar-refractivity contribution >= 4 is 28.8 Å². The minimum Gasteiger partial charge on any atom is -0.234 e. The third-order valence-corrected chi connectivity index (χ3v) is 3.07. The van der Waals surface area contributed by atoms with Crippen molar-refractivity contribution in [3.63, 3.8) is 0 Å². The molecule has 0 aromatic rings. The van der Waals surface area contributed by atoms with Crippen molar-refractivity contribution in [1.82, 2.24) is 0 Å². The fourth-order valence-corrected chi connectivity index (χ4v) is 1.35. The van der Waals surface area contributed by atoms with Crippen LogP contribution in [-0.2, 0) is 11.0 Å². The van der Waals surface area contributed by atoms with Crippen LogP contribution >= 0.6 is 11.6 Å². The first kappa shape index (κ1) is 13.1. The molecule has 0 unspecified atom stereocenters. The third-order valence-electron chi connectivity index (χ3n) is 1.41. The van der Waals surface area contributed by atoms with Crippen LogP contribution in [0.3, 0.4) is 0 Å². The summed E-state index contributed by atoms with van der Waals surface area (Å²) in [5.74, 6) is 0.691. The largest absolute Gasteiger partial charge is 0.234 e. The van der Waals surface area contributed by atoms with Crippen LogP contribution in [0.2, 0.25) is 0 Å². The van der Waals surface area contributed by atoms with Gasteiger partial charge in [0.2, 0.25) is 0 Å². The summed E-state index contributed by atoms with van der Waals surface area (Å²) in [7, 11) is -1.11. The van der Waals surface area contributed by atoms with Crippen molar-refractivity contribution in [3.8, 4) is 0 Å². The fourth-order valence-electron chi connectivity index (χ4n) is 0.609. The second-order valence-electron chi connectivity index (χ2n) is 3.83. The molecule has 4 heteroatoms. The lowest BCUT2D eigenvalue weighted by Crippen LogP contribution is -2.19. The molecule has 0 saturated carbocycles. The van der Waals surface area contributed by atoms with Crippen LogP contribution in [0.1, 0.15) is 40.0 Å². The second kappa shape index (κ2) is 6.55. The summed E-state index contributed by atoms with van der Waals surface area (Å²) in [6.45, 7) is 5.75. The molecule has 0 fully saturated rings. The van der Waals surface area contributed by atoms with Gasteiger partial charge >= 0.3 is 0 Å². The Hall–Kier alpha value is 0.110. The van der Waals surface area contributed by atoms with Gasteiger partial charge in [0.05, 0.1) is 4.75 Å². The first-order valence-electron chi connectivity index (χ1n) is 4.49. The molecule has 2 nitrogen and oxygen atoms in total. The first-order chi connectivity index (χ1) is 5.98. The van der Waals surface area contributed by atoms with Gasteiger partial charge in [-0.3, -0.25) is 0 Å². The molecular weight excluding hydrogens is 206 g/mol. The summed E-state index contributed by atoms with van der Waals surface area (Å²) < 4.78 is 15.1. The lowest BCUT2D eigenvalue weighted by Gasteiger charge is -2.12. The monoisotopic (exact) mass is 223 g/mol. The molecule has 0 aliphatic carbocycles. The molecule has 0 radical (unpaired) electrons. The van der Waals surface area contributed by atoms with E-state index in [9.17, 15) is 4.21 Å². The highest BCUT2D eigenvalue weighted by molar-refractivity contribution is 7.85. The van der Waals surface area contributed by atoms with Crippen LogP contribution in [0, 0.1) is 0 Å². The van der Waals surface area contributed by atoms with Crippen molar-refractivity contribution in [2.45, 2.75) is 44.8 Å². The van der Waals surface area contributed by atoms with E-state index in [1.165, 1.54) is 0 Å². The number of alkyl halides is 1. The van der Waals surface area contributed by atoms with E-state index in [-0.39, 0.29) is 4.75 Å². The molecule has 13 heavy (non-hydrogen) atoms. The molecule has 1 atom stereocenters. The number of unbranched alkanes of at least 4 members (excludes halogenated alkanes) is 2. The SMILES string of the molecule is CC(C)(C)[S@@](=O)/N=C/CCCCCl. The summed E-state index contributed by atoms with van der Waals surface area (Å²) in [5.41, 5.74) is 0. The minimum atomic E-state index is -1.11. The Balaban J connectivity index is 3.67. The van der Waals surface area contributed by atoms with Crippen LogP contribution in [0.4, 0.5) is 0 Å². The van der Waals surface area contributed by atoms with Gasteiger partial charge in [0.1, 0.15) is 11.0 Å². The molecule has 0 aliphatic heterocycles. The molecule has 0 aromatic carbocycles. The predicted molar refractivity (Wildman–Crippen MR) is 61.0 cm³/mol. The molecule has 0 heterocycles. The highest BCUT2D eigenvalue weighted by atomic mass is 35.5. The molecule has 0 aromatic heterocycles. The molecule has 0 amide bonds. The Labute approximate surface area is 88.4 Å². The lowest BCUT2D eigenvalue weighted by atomic mass is 10.3. The topological polar surface area (TPSA) is 29.4 Å². The summed E-state index contributed by atoms with van der Waals surface area (Å²) in [4.78, 5) is 0. The van der Waals surface area contributed by atoms with E-state index in [0.29, 0.717) is 5.88 Å². The maximum absolute atomic E-state index is 11.4. The highest BCUT2D eigenvalue weighted by Gasteiger charge is 2.17. The van der Waals surface area contributed by atoms with Crippen LogP contribution in [0.5, 0.6) is 0 Å².